The molecule has 0 radical (unpaired) electrons. The Morgan fingerprint density at radius 2 is 1.61 bits per heavy atom. The molecule has 0 bridgehead atoms. The van der Waals surface area contributed by atoms with Gasteiger partial charge in [0.25, 0.3) is 5.56 Å². The number of aromatic nitrogens is 2. The van der Waals surface area contributed by atoms with E-state index in [9.17, 15) is 22.8 Å². The first kappa shape index (κ1) is 16.7. The number of nitrogens with one attached hydrogen (secondary N) is 1. The second-order valence-corrected chi connectivity index (χ2v) is 4.63. The Bertz CT molecular complexity index is 770. The molecule has 23 heavy (non-hydrogen) atoms. The molecule has 0 saturated carbocycles. The van der Waals surface area contributed by atoms with Gasteiger partial charge in [-0.25, -0.2) is 4.79 Å². The van der Waals surface area contributed by atoms with Gasteiger partial charge in [-0.15, -0.1) is 0 Å². The molecule has 0 atom stereocenters. The molecule has 1 heterocycles. The van der Waals surface area contributed by atoms with E-state index in [-0.39, 0.29) is 6.54 Å². The van der Waals surface area contributed by atoms with E-state index in [1.165, 1.54) is 14.2 Å². The summed E-state index contributed by atoms with van der Waals surface area (Å²) < 4.78 is 48.4. The van der Waals surface area contributed by atoms with E-state index in [1.807, 2.05) is 0 Å². The maximum atomic E-state index is 12.6. The zero-order valence-corrected chi connectivity index (χ0v) is 12.2. The summed E-state index contributed by atoms with van der Waals surface area (Å²) >= 11 is 0. The van der Waals surface area contributed by atoms with E-state index in [0.717, 1.165) is 0 Å². The van der Waals surface area contributed by atoms with E-state index in [0.29, 0.717) is 27.7 Å². The van der Waals surface area contributed by atoms with Gasteiger partial charge in [-0.05, 0) is 17.7 Å². The summed E-state index contributed by atoms with van der Waals surface area (Å²) in [4.78, 5) is 25.2. The number of rotatable bonds is 4. The Kier molecular flexibility index (Phi) is 4.48. The van der Waals surface area contributed by atoms with Crippen LogP contribution in [0.3, 0.4) is 0 Å². The lowest BCUT2D eigenvalue weighted by Gasteiger charge is -2.11. The van der Waals surface area contributed by atoms with Gasteiger partial charge in [0.2, 0.25) is 0 Å². The van der Waals surface area contributed by atoms with Crippen LogP contribution in [0.1, 0.15) is 11.3 Å². The standard InChI is InChI=1S/C14H13F3N2O4/c1-22-9-3-8(4-10(5-9)23-2)7-19-12(20)6-11(14(15,16)17)18-13(19)21/h3-6H,7H2,1-2H3,(H,18,21). The van der Waals surface area contributed by atoms with Gasteiger partial charge in [0.15, 0.2) is 0 Å². The molecular weight excluding hydrogens is 317 g/mol. The quantitative estimate of drug-likeness (QED) is 0.925. The summed E-state index contributed by atoms with van der Waals surface area (Å²) in [6, 6.07) is 5.03. The minimum Gasteiger partial charge on any atom is -0.497 e. The number of benzene rings is 1. The van der Waals surface area contributed by atoms with Crippen LogP contribution >= 0.6 is 0 Å². The van der Waals surface area contributed by atoms with Crippen molar-refractivity contribution < 1.29 is 22.6 Å². The van der Waals surface area contributed by atoms with Crippen LogP contribution in [0, 0.1) is 0 Å². The largest absolute Gasteiger partial charge is 0.497 e. The lowest BCUT2D eigenvalue weighted by Crippen LogP contribution is -2.37. The average molecular weight is 330 g/mol. The first-order valence-corrected chi connectivity index (χ1v) is 6.38. The van der Waals surface area contributed by atoms with Crippen molar-refractivity contribution in [1.82, 2.24) is 9.55 Å². The van der Waals surface area contributed by atoms with Crippen molar-refractivity contribution in [2.24, 2.45) is 0 Å². The minimum absolute atomic E-state index is 0.222. The molecule has 0 fully saturated rings. The molecule has 0 saturated heterocycles. The molecule has 0 aliphatic heterocycles. The molecule has 6 nitrogen and oxygen atoms in total. The van der Waals surface area contributed by atoms with E-state index < -0.39 is 23.1 Å². The first-order valence-electron chi connectivity index (χ1n) is 6.38. The summed E-state index contributed by atoms with van der Waals surface area (Å²) in [5.41, 5.74) is -3.12. The van der Waals surface area contributed by atoms with Crippen LogP contribution < -0.4 is 20.7 Å². The Hall–Kier alpha value is -2.71. The van der Waals surface area contributed by atoms with Crippen molar-refractivity contribution in [3.05, 3.63) is 56.4 Å². The highest BCUT2D eigenvalue weighted by Gasteiger charge is 2.32. The maximum absolute atomic E-state index is 12.6. The third-order valence-electron chi connectivity index (χ3n) is 3.08. The van der Waals surface area contributed by atoms with Crippen molar-refractivity contribution in [1.29, 1.82) is 0 Å². The number of hydrogen-bond acceptors (Lipinski definition) is 4. The van der Waals surface area contributed by atoms with Crippen molar-refractivity contribution >= 4 is 0 Å². The van der Waals surface area contributed by atoms with Crippen molar-refractivity contribution in [3.8, 4) is 11.5 Å². The molecule has 0 aliphatic rings. The smallest absolute Gasteiger partial charge is 0.431 e. The molecule has 0 amide bonds. The van der Waals surface area contributed by atoms with Crippen LogP contribution in [0.2, 0.25) is 0 Å². The number of ether oxygens (including phenoxy) is 2. The molecule has 2 aromatic rings. The lowest BCUT2D eigenvalue weighted by molar-refractivity contribution is -0.141. The zero-order valence-electron chi connectivity index (χ0n) is 12.2. The molecule has 0 unspecified atom stereocenters. The second kappa shape index (κ2) is 6.19. The monoisotopic (exact) mass is 330 g/mol. The van der Waals surface area contributed by atoms with Crippen molar-refractivity contribution in [2.75, 3.05) is 14.2 Å². The van der Waals surface area contributed by atoms with Crippen LogP contribution in [0.5, 0.6) is 11.5 Å². The summed E-state index contributed by atoms with van der Waals surface area (Å²) in [5, 5.41) is 0. The lowest BCUT2D eigenvalue weighted by atomic mass is 10.2. The van der Waals surface area contributed by atoms with Gasteiger partial charge in [-0.1, -0.05) is 0 Å². The highest BCUT2D eigenvalue weighted by molar-refractivity contribution is 5.38. The van der Waals surface area contributed by atoms with Gasteiger partial charge in [0, 0.05) is 12.1 Å². The van der Waals surface area contributed by atoms with Crippen LogP contribution in [0.4, 0.5) is 13.2 Å². The molecule has 124 valence electrons. The Morgan fingerprint density at radius 1 is 1.04 bits per heavy atom. The number of halogens is 3. The molecule has 9 heteroatoms. The van der Waals surface area contributed by atoms with E-state index in [4.69, 9.17) is 9.47 Å². The summed E-state index contributed by atoms with van der Waals surface area (Å²) in [6.45, 7) is -0.222. The van der Waals surface area contributed by atoms with Gasteiger partial charge in [0.05, 0.1) is 20.8 Å². The van der Waals surface area contributed by atoms with E-state index >= 15 is 0 Å². The number of aromatic amines is 1. The Morgan fingerprint density at radius 3 is 2.04 bits per heavy atom. The number of alkyl halides is 3. The van der Waals surface area contributed by atoms with Gasteiger partial charge in [-0.2, -0.15) is 13.2 Å². The van der Waals surface area contributed by atoms with E-state index in [2.05, 4.69) is 0 Å². The highest BCUT2D eigenvalue weighted by Crippen LogP contribution is 2.26. The first-order chi connectivity index (χ1) is 10.7. The average Bonchev–Trinajstić information content (AvgIpc) is 2.49. The van der Waals surface area contributed by atoms with Gasteiger partial charge < -0.3 is 14.5 Å². The van der Waals surface area contributed by atoms with Crippen molar-refractivity contribution in [2.45, 2.75) is 12.7 Å². The minimum atomic E-state index is -4.80. The summed E-state index contributed by atoms with van der Waals surface area (Å²) in [5.74, 6) is 0.853. The third kappa shape index (κ3) is 3.74. The van der Waals surface area contributed by atoms with Crippen LogP contribution in [-0.2, 0) is 12.7 Å². The topological polar surface area (TPSA) is 73.3 Å². The summed E-state index contributed by atoms with van der Waals surface area (Å²) in [7, 11) is 2.85. The Labute approximate surface area is 128 Å². The van der Waals surface area contributed by atoms with Gasteiger partial charge >= 0.3 is 11.9 Å². The molecule has 2 rings (SSSR count). The fourth-order valence-electron chi connectivity index (χ4n) is 1.96. The van der Waals surface area contributed by atoms with Crippen LogP contribution in [-0.4, -0.2) is 23.8 Å². The predicted molar refractivity (Wildman–Crippen MR) is 75.0 cm³/mol. The molecule has 1 aromatic carbocycles. The molecule has 1 N–H and O–H groups in total. The number of hydrogen-bond donors (Lipinski definition) is 1. The number of nitrogens with zero attached hydrogens (tertiary/aromatic N) is 1. The normalized spacial score (nSPS) is 11.3. The predicted octanol–water partition coefficient (Wildman–Crippen LogP) is 1.62. The fourth-order valence-corrected chi connectivity index (χ4v) is 1.96. The fraction of sp³-hybridized carbons (Fsp3) is 0.286. The third-order valence-corrected chi connectivity index (χ3v) is 3.08. The van der Waals surface area contributed by atoms with Crippen LogP contribution in [0.25, 0.3) is 0 Å². The van der Waals surface area contributed by atoms with Crippen molar-refractivity contribution in [3.63, 3.8) is 0 Å². The van der Waals surface area contributed by atoms with E-state index in [1.54, 1.807) is 23.2 Å². The zero-order chi connectivity index (χ0) is 17.2. The van der Waals surface area contributed by atoms with Crippen LogP contribution in [0.15, 0.2) is 33.9 Å². The number of methoxy groups -OCH3 is 2. The van der Waals surface area contributed by atoms with Gasteiger partial charge in [0.1, 0.15) is 17.2 Å². The molecule has 1 aromatic heterocycles. The molecular formula is C14H13F3N2O4. The molecule has 0 spiro atoms. The molecule has 0 aliphatic carbocycles. The number of H-pyrrole nitrogens is 1. The second-order valence-electron chi connectivity index (χ2n) is 4.63. The Balaban J connectivity index is 2.45. The maximum Gasteiger partial charge on any atom is 0.431 e. The highest BCUT2D eigenvalue weighted by atomic mass is 19.4. The summed E-state index contributed by atoms with van der Waals surface area (Å²) in [6.07, 6.45) is -4.80. The van der Waals surface area contributed by atoms with Gasteiger partial charge in [-0.3, -0.25) is 9.36 Å². The SMILES string of the molecule is COc1cc(Cn2c(=O)cc(C(F)(F)F)[nH]c2=O)cc(OC)c1.